The van der Waals surface area contributed by atoms with E-state index in [1.165, 1.54) is 0 Å². The van der Waals surface area contributed by atoms with Crippen LogP contribution in [0.5, 0.6) is 5.75 Å². The van der Waals surface area contributed by atoms with Gasteiger partial charge in [-0.05, 0) is 30.5 Å². The van der Waals surface area contributed by atoms with Crippen molar-refractivity contribution >= 4 is 5.97 Å². The lowest BCUT2D eigenvalue weighted by Gasteiger charge is -2.11. The summed E-state index contributed by atoms with van der Waals surface area (Å²) in [5.41, 5.74) is 1.02. The number of aliphatic carboxylic acids is 1. The van der Waals surface area contributed by atoms with E-state index in [1.807, 2.05) is 12.1 Å². The highest BCUT2D eigenvalue weighted by atomic mass is 16.4. The summed E-state index contributed by atoms with van der Waals surface area (Å²) >= 11 is 0. The molecule has 1 saturated heterocycles. The zero-order valence-electron chi connectivity index (χ0n) is 8.18. The summed E-state index contributed by atoms with van der Waals surface area (Å²) in [5, 5.41) is 21.0. The van der Waals surface area contributed by atoms with Gasteiger partial charge in [0.1, 0.15) is 11.8 Å². The van der Waals surface area contributed by atoms with Crippen molar-refractivity contribution in [3.05, 3.63) is 29.8 Å². The van der Waals surface area contributed by atoms with Crippen LogP contribution in [0.15, 0.2) is 24.3 Å². The molecule has 1 aromatic carbocycles. The van der Waals surface area contributed by atoms with Gasteiger partial charge in [-0.3, -0.25) is 10.1 Å². The molecule has 4 heteroatoms. The van der Waals surface area contributed by atoms with Gasteiger partial charge in [0.25, 0.3) is 0 Å². The molecule has 1 aliphatic rings. The first-order valence-electron chi connectivity index (χ1n) is 4.94. The van der Waals surface area contributed by atoms with Crippen molar-refractivity contribution in [1.29, 1.82) is 0 Å². The number of nitrogens with one attached hydrogen (secondary N) is 1. The molecule has 0 aliphatic carbocycles. The number of benzene rings is 1. The molecule has 0 spiro atoms. The number of aromatic hydroxyl groups is 1. The van der Waals surface area contributed by atoms with Gasteiger partial charge in [-0.25, -0.2) is 0 Å². The first kappa shape index (κ1) is 9.98. The van der Waals surface area contributed by atoms with E-state index in [-0.39, 0.29) is 11.8 Å². The highest BCUT2D eigenvalue weighted by Gasteiger charge is 2.29. The molecular weight excluding hydrogens is 194 g/mol. The van der Waals surface area contributed by atoms with Crippen molar-refractivity contribution in [3.63, 3.8) is 0 Å². The van der Waals surface area contributed by atoms with Crippen LogP contribution < -0.4 is 5.32 Å². The van der Waals surface area contributed by atoms with Gasteiger partial charge >= 0.3 is 5.97 Å². The van der Waals surface area contributed by atoms with E-state index in [2.05, 4.69) is 5.32 Å². The number of phenols is 1. The van der Waals surface area contributed by atoms with Gasteiger partial charge in [-0.2, -0.15) is 0 Å². The minimum Gasteiger partial charge on any atom is -0.508 e. The van der Waals surface area contributed by atoms with E-state index >= 15 is 0 Å². The Labute approximate surface area is 87.6 Å². The molecular formula is C11H13NO3. The van der Waals surface area contributed by atoms with Crippen LogP contribution in [-0.2, 0) is 4.79 Å². The summed E-state index contributed by atoms with van der Waals surface area (Å²) in [6.07, 6.45) is 1.47. The molecule has 0 aromatic heterocycles. The Morgan fingerprint density at radius 2 is 1.93 bits per heavy atom. The maximum absolute atomic E-state index is 10.7. The van der Waals surface area contributed by atoms with Gasteiger partial charge in [0, 0.05) is 6.04 Å². The Kier molecular flexibility index (Phi) is 2.60. The summed E-state index contributed by atoms with van der Waals surface area (Å²) in [5.74, 6) is -0.567. The average molecular weight is 207 g/mol. The topological polar surface area (TPSA) is 69.6 Å². The van der Waals surface area contributed by atoms with Gasteiger partial charge in [0.15, 0.2) is 0 Å². The van der Waals surface area contributed by atoms with Gasteiger partial charge in [-0.15, -0.1) is 0 Å². The lowest BCUT2D eigenvalue weighted by atomic mass is 10.1. The molecule has 0 bridgehead atoms. The number of carbonyl (C=O) groups is 1. The van der Waals surface area contributed by atoms with Crippen molar-refractivity contribution < 1.29 is 15.0 Å². The fourth-order valence-corrected chi connectivity index (χ4v) is 1.91. The Morgan fingerprint density at radius 1 is 1.27 bits per heavy atom. The summed E-state index contributed by atoms with van der Waals surface area (Å²) in [6.45, 7) is 0. The SMILES string of the molecule is O=C(O)C1CCC(c2ccc(O)cc2)N1. The number of phenolic OH excluding ortho intramolecular Hbond substituents is 1. The van der Waals surface area contributed by atoms with E-state index in [4.69, 9.17) is 10.2 Å². The minimum atomic E-state index is -0.795. The van der Waals surface area contributed by atoms with Crippen LogP contribution >= 0.6 is 0 Å². The predicted octanol–water partition coefficient (Wildman–Crippen LogP) is 1.27. The Balaban J connectivity index is 2.07. The van der Waals surface area contributed by atoms with Crippen molar-refractivity contribution in [1.82, 2.24) is 5.32 Å². The molecule has 1 aliphatic heterocycles. The molecule has 2 atom stereocenters. The second-order valence-electron chi connectivity index (χ2n) is 3.78. The van der Waals surface area contributed by atoms with Crippen LogP contribution in [0, 0.1) is 0 Å². The van der Waals surface area contributed by atoms with E-state index in [0.29, 0.717) is 6.42 Å². The molecule has 3 N–H and O–H groups in total. The number of hydrogen-bond donors (Lipinski definition) is 3. The van der Waals surface area contributed by atoms with Crippen molar-refractivity contribution in [2.75, 3.05) is 0 Å². The fraction of sp³-hybridized carbons (Fsp3) is 0.364. The molecule has 0 radical (unpaired) electrons. The summed E-state index contributed by atoms with van der Waals surface area (Å²) in [6, 6.07) is 6.51. The van der Waals surface area contributed by atoms with Crippen molar-refractivity contribution in [3.8, 4) is 5.75 Å². The normalized spacial score (nSPS) is 25.3. The molecule has 1 heterocycles. The minimum absolute atomic E-state index is 0.0895. The molecule has 0 amide bonds. The average Bonchev–Trinajstić information content (AvgIpc) is 2.68. The zero-order valence-corrected chi connectivity index (χ0v) is 8.18. The molecule has 1 fully saturated rings. The van der Waals surface area contributed by atoms with Crippen LogP contribution in [0.2, 0.25) is 0 Å². The van der Waals surface area contributed by atoms with Gasteiger partial charge in [0.2, 0.25) is 0 Å². The Morgan fingerprint density at radius 3 is 2.47 bits per heavy atom. The predicted molar refractivity (Wildman–Crippen MR) is 54.6 cm³/mol. The van der Waals surface area contributed by atoms with Crippen molar-refractivity contribution in [2.24, 2.45) is 0 Å². The Bertz CT molecular complexity index is 361. The number of carboxylic acids is 1. The molecule has 2 rings (SSSR count). The molecule has 4 nitrogen and oxygen atoms in total. The quantitative estimate of drug-likeness (QED) is 0.683. The van der Waals surface area contributed by atoms with Crippen molar-refractivity contribution in [2.45, 2.75) is 24.9 Å². The molecule has 2 unspecified atom stereocenters. The van der Waals surface area contributed by atoms with Crippen LogP contribution in [0.25, 0.3) is 0 Å². The smallest absolute Gasteiger partial charge is 0.320 e. The third-order valence-electron chi connectivity index (χ3n) is 2.74. The highest BCUT2D eigenvalue weighted by Crippen LogP contribution is 2.27. The van der Waals surface area contributed by atoms with E-state index < -0.39 is 12.0 Å². The van der Waals surface area contributed by atoms with E-state index in [1.54, 1.807) is 12.1 Å². The summed E-state index contributed by atoms with van der Waals surface area (Å²) in [4.78, 5) is 10.7. The van der Waals surface area contributed by atoms with E-state index in [9.17, 15) is 4.79 Å². The van der Waals surface area contributed by atoms with Gasteiger partial charge in [0.05, 0.1) is 0 Å². The number of rotatable bonds is 2. The number of carboxylic acid groups (broad SMARTS) is 1. The first-order chi connectivity index (χ1) is 7.16. The van der Waals surface area contributed by atoms with Crippen LogP contribution in [0.4, 0.5) is 0 Å². The van der Waals surface area contributed by atoms with Crippen LogP contribution in [-0.4, -0.2) is 22.2 Å². The maximum Gasteiger partial charge on any atom is 0.320 e. The summed E-state index contributed by atoms with van der Waals surface area (Å²) in [7, 11) is 0. The van der Waals surface area contributed by atoms with Gasteiger partial charge < -0.3 is 10.2 Å². The summed E-state index contributed by atoms with van der Waals surface area (Å²) < 4.78 is 0. The van der Waals surface area contributed by atoms with Gasteiger partial charge in [-0.1, -0.05) is 12.1 Å². The number of hydrogen-bond acceptors (Lipinski definition) is 3. The Hall–Kier alpha value is -1.55. The molecule has 1 aromatic rings. The third kappa shape index (κ3) is 2.10. The lowest BCUT2D eigenvalue weighted by Crippen LogP contribution is -2.31. The third-order valence-corrected chi connectivity index (χ3v) is 2.74. The largest absolute Gasteiger partial charge is 0.508 e. The molecule has 80 valence electrons. The molecule has 15 heavy (non-hydrogen) atoms. The van der Waals surface area contributed by atoms with Crippen LogP contribution in [0.1, 0.15) is 24.4 Å². The monoisotopic (exact) mass is 207 g/mol. The molecule has 0 saturated carbocycles. The second kappa shape index (κ2) is 3.90. The lowest BCUT2D eigenvalue weighted by molar-refractivity contribution is -0.139. The van der Waals surface area contributed by atoms with E-state index in [0.717, 1.165) is 12.0 Å². The highest BCUT2D eigenvalue weighted by molar-refractivity contribution is 5.73. The standard InChI is InChI=1S/C11H13NO3/c13-8-3-1-7(2-4-8)9-5-6-10(12-9)11(14)15/h1-4,9-10,12-13H,5-6H2,(H,14,15). The zero-order chi connectivity index (χ0) is 10.8. The van der Waals surface area contributed by atoms with Crippen LogP contribution in [0.3, 0.4) is 0 Å². The first-order valence-corrected chi connectivity index (χ1v) is 4.94. The second-order valence-corrected chi connectivity index (χ2v) is 3.78. The fourth-order valence-electron chi connectivity index (χ4n) is 1.91. The maximum atomic E-state index is 10.7.